The van der Waals surface area contributed by atoms with Gasteiger partial charge in [0, 0.05) is 0 Å². The van der Waals surface area contributed by atoms with Gasteiger partial charge in [0.25, 0.3) is 0 Å². The summed E-state index contributed by atoms with van der Waals surface area (Å²) in [6.45, 7) is 5.34. The Morgan fingerprint density at radius 3 is 2.25 bits per heavy atom. The van der Waals surface area contributed by atoms with Crippen molar-refractivity contribution in [2.45, 2.75) is 26.8 Å². The zero-order valence-corrected chi connectivity index (χ0v) is 11.7. The molecule has 1 fully saturated rings. The molecule has 2 rings (SSSR count). The topological polar surface area (TPSA) is 66.4 Å². The first-order valence-corrected chi connectivity index (χ1v) is 6.53. The molecule has 20 heavy (non-hydrogen) atoms. The number of benzene rings is 1. The van der Waals surface area contributed by atoms with Crippen LogP contribution in [0.1, 0.15) is 32.4 Å². The van der Waals surface area contributed by atoms with Crippen molar-refractivity contribution >= 4 is 11.9 Å². The highest BCUT2D eigenvalue weighted by Crippen LogP contribution is 2.58. The van der Waals surface area contributed by atoms with Crippen LogP contribution < -0.4 is 5.32 Å². The zero-order valence-electron chi connectivity index (χ0n) is 11.7. The van der Waals surface area contributed by atoms with E-state index in [1.807, 2.05) is 0 Å². The largest absolute Gasteiger partial charge is 0.481 e. The van der Waals surface area contributed by atoms with Crippen LogP contribution >= 0.6 is 0 Å². The fourth-order valence-corrected chi connectivity index (χ4v) is 2.73. The molecule has 3 atom stereocenters. The quantitative estimate of drug-likeness (QED) is 0.889. The minimum Gasteiger partial charge on any atom is -0.481 e. The molecule has 1 aromatic carbocycles. The minimum atomic E-state index is -0.940. The summed E-state index contributed by atoms with van der Waals surface area (Å²) in [6, 6.07) is 5.59. The van der Waals surface area contributed by atoms with Gasteiger partial charge < -0.3 is 10.4 Å². The second-order valence-corrected chi connectivity index (χ2v) is 5.90. The van der Waals surface area contributed by atoms with Gasteiger partial charge in [0.15, 0.2) is 0 Å². The zero-order chi connectivity index (χ0) is 15.1. The number of hydrogen-bond donors (Lipinski definition) is 2. The number of nitrogens with one attached hydrogen (secondary N) is 1. The Hall–Kier alpha value is -1.91. The summed E-state index contributed by atoms with van der Waals surface area (Å²) in [4.78, 5) is 23.2. The van der Waals surface area contributed by atoms with Gasteiger partial charge in [-0.3, -0.25) is 9.59 Å². The van der Waals surface area contributed by atoms with E-state index in [9.17, 15) is 14.0 Å². The molecule has 1 aliphatic carbocycles. The van der Waals surface area contributed by atoms with Crippen LogP contribution in [0.5, 0.6) is 0 Å². The van der Waals surface area contributed by atoms with E-state index in [0.717, 1.165) is 5.56 Å². The summed E-state index contributed by atoms with van der Waals surface area (Å²) in [5.41, 5.74) is 0.267. The summed E-state index contributed by atoms with van der Waals surface area (Å²) in [5.74, 6) is -2.68. The summed E-state index contributed by atoms with van der Waals surface area (Å²) in [6.07, 6.45) is 0. The third-order valence-corrected chi connectivity index (χ3v) is 4.10. The molecule has 1 aliphatic rings. The van der Waals surface area contributed by atoms with E-state index in [1.165, 1.54) is 12.1 Å². The fraction of sp³-hybridized carbons (Fsp3) is 0.467. The first-order valence-electron chi connectivity index (χ1n) is 6.53. The molecule has 1 aromatic rings. The number of carboxylic acid groups (broad SMARTS) is 1. The Morgan fingerprint density at radius 1 is 1.25 bits per heavy atom. The van der Waals surface area contributed by atoms with Crippen LogP contribution in [0.2, 0.25) is 0 Å². The molecular formula is C15H18FNO3. The average molecular weight is 279 g/mol. The van der Waals surface area contributed by atoms with Crippen LogP contribution in [0.3, 0.4) is 0 Å². The lowest BCUT2D eigenvalue weighted by molar-refractivity contribution is -0.140. The van der Waals surface area contributed by atoms with Gasteiger partial charge in [-0.25, -0.2) is 4.39 Å². The van der Waals surface area contributed by atoms with Crippen LogP contribution in [-0.4, -0.2) is 17.0 Å². The van der Waals surface area contributed by atoms with Gasteiger partial charge in [-0.15, -0.1) is 0 Å². The maximum atomic E-state index is 12.8. The SMILES string of the molecule is CC(NC(=O)[C@H]1[C@@H](C(=O)O)C1(C)C)c1ccc(F)cc1. The van der Waals surface area contributed by atoms with Crippen LogP contribution in [0.4, 0.5) is 4.39 Å². The Bertz CT molecular complexity index is 539. The lowest BCUT2D eigenvalue weighted by Crippen LogP contribution is -2.30. The summed E-state index contributed by atoms with van der Waals surface area (Å²) < 4.78 is 12.8. The van der Waals surface area contributed by atoms with Crippen LogP contribution in [0.15, 0.2) is 24.3 Å². The molecule has 0 spiro atoms. The summed E-state index contributed by atoms with van der Waals surface area (Å²) >= 11 is 0. The van der Waals surface area contributed by atoms with E-state index in [1.54, 1.807) is 32.9 Å². The molecule has 1 amide bonds. The van der Waals surface area contributed by atoms with E-state index in [2.05, 4.69) is 5.32 Å². The van der Waals surface area contributed by atoms with Crippen molar-refractivity contribution in [3.63, 3.8) is 0 Å². The Morgan fingerprint density at radius 2 is 1.80 bits per heavy atom. The van der Waals surface area contributed by atoms with Crippen molar-refractivity contribution in [2.24, 2.45) is 17.3 Å². The van der Waals surface area contributed by atoms with Gasteiger partial charge in [-0.1, -0.05) is 26.0 Å². The van der Waals surface area contributed by atoms with Crippen molar-refractivity contribution in [1.29, 1.82) is 0 Å². The third kappa shape index (κ3) is 2.53. The number of carbonyl (C=O) groups is 2. The van der Waals surface area contributed by atoms with Gasteiger partial charge in [0.1, 0.15) is 5.82 Å². The molecule has 2 N–H and O–H groups in total. The highest BCUT2D eigenvalue weighted by molar-refractivity contribution is 5.91. The number of amides is 1. The molecule has 0 radical (unpaired) electrons. The first kappa shape index (κ1) is 14.5. The van der Waals surface area contributed by atoms with Crippen LogP contribution in [0, 0.1) is 23.1 Å². The maximum Gasteiger partial charge on any atom is 0.307 e. The molecule has 0 bridgehead atoms. The van der Waals surface area contributed by atoms with E-state index in [4.69, 9.17) is 5.11 Å². The van der Waals surface area contributed by atoms with Gasteiger partial charge in [-0.05, 0) is 30.0 Å². The van der Waals surface area contributed by atoms with E-state index >= 15 is 0 Å². The van der Waals surface area contributed by atoms with Gasteiger partial charge in [-0.2, -0.15) is 0 Å². The molecular weight excluding hydrogens is 261 g/mol. The minimum absolute atomic E-state index is 0.265. The Balaban J connectivity index is 2.02. The monoisotopic (exact) mass is 279 g/mol. The normalized spacial score (nSPS) is 24.8. The van der Waals surface area contributed by atoms with Crippen molar-refractivity contribution in [3.05, 3.63) is 35.6 Å². The van der Waals surface area contributed by atoms with E-state index in [0.29, 0.717) is 0 Å². The predicted octanol–water partition coefficient (Wildman–Crippen LogP) is 2.36. The number of carboxylic acids is 1. The third-order valence-electron chi connectivity index (χ3n) is 4.10. The fourth-order valence-electron chi connectivity index (χ4n) is 2.73. The van der Waals surface area contributed by atoms with Crippen molar-refractivity contribution < 1.29 is 19.1 Å². The standard InChI is InChI=1S/C15H18FNO3/c1-8(9-4-6-10(16)7-5-9)17-13(18)11-12(14(19)20)15(11,2)3/h4-8,11-12H,1-3H3,(H,17,18)(H,19,20)/t8?,11-,12+/m1/s1. The van der Waals surface area contributed by atoms with Crippen LogP contribution in [-0.2, 0) is 9.59 Å². The molecule has 0 aromatic heterocycles. The Labute approximate surface area is 117 Å². The number of rotatable bonds is 4. The predicted molar refractivity (Wildman–Crippen MR) is 71.4 cm³/mol. The molecule has 4 nitrogen and oxygen atoms in total. The van der Waals surface area contributed by atoms with Gasteiger partial charge in [0.05, 0.1) is 17.9 Å². The van der Waals surface area contributed by atoms with Crippen molar-refractivity contribution in [3.8, 4) is 0 Å². The van der Waals surface area contributed by atoms with Crippen LogP contribution in [0.25, 0.3) is 0 Å². The van der Waals surface area contributed by atoms with E-state index in [-0.39, 0.29) is 17.8 Å². The maximum absolute atomic E-state index is 12.8. The molecule has 108 valence electrons. The average Bonchev–Trinajstić information content (AvgIpc) is 2.93. The molecule has 0 saturated heterocycles. The Kier molecular flexibility index (Phi) is 3.54. The number of halogens is 1. The molecule has 0 aliphatic heterocycles. The lowest BCUT2D eigenvalue weighted by Gasteiger charge is -2.15. The molecule has 1 saturated carbocycles. The lowest BCUT2D eigenvalue weighted by atomic mass is 10.1. The van der Waals surface area contributed by atoms with Gasteiger partial charge >= 0.3 is 5.97 Å². The molecule has 1 unspecified atom stereocenters. The second-order valence-electron chi connectivity index (χ2n) is 5.90. The smallest absolute Gasteiger partial charge is 0.307 e. The number of carbonyl (C=O) groups excluding carboxylic acids is 1. The van der Waals surface area contributed by atoms with Crippen molar-refractivity contribution in [2.75, 3.05) is 0 Å². The number of aliphatic carboxylic acids is 1. The summed E-state index contributed by atoms with van der Waals surface area (Å²) in [7, 11) is 0. The highest BCUT2D eigenvalue weighted by atomic mass is 19.1. The summed E-state index contributed by atoms with van der Waals surface area (Å²) in [5, 5.41) is 11.9. The number of hydrogen-bond acceptors (Lipinski definition) is 2. The molecule has 0 heterocycles. The highest BCUT2D eigenvalue weighted by Gasteiger charge is 2.65. The first-order chi connectivity index (χ1) is 9.25. The van der Waals surface area contributed by atoms with Gasteiger partial charge in [0.2, 0.25) is 5.91 Å². The van der Waals surface area contributed by atoms with E-state index < -0.39 is 23.2 Å². The molecule has 5 heteroatoms. The van der Waals surface area contributed by atoms with Crippen molar-refractivity contribution in [1.82, 2.24) is 5.32 Å². The second kappa shape index (κ2) is 4.89.